The zero-order valence-corrected chi connectivity index (χ0v) is 14.5. The summed E-state index contributed by atoms with van der Waals surface area (Å²) in [5, 5.41) is 0.00389. The molecule has 3 aromatic rings. The van der Waals surface area contributed by atoms with Crippen molar-refractivity contribution >= 4 is 17.0 Å². The van der Waals surface area contributed by atoms with Crippen molar-refractivity contribution in [1.82, 2.24) is 14.5 Å². The van der Waals surface area contributed by atoms with E-state index in [0.717, 1.165) is 0 Å². The zero-order chi connectivity index (χ0) is 18.8. The molecule has 0 atom stereocenters. The number of aromatic amines is 1. The highest BCUT2D eigenvalue weighted by Crippen LogP contribution is 2.30. The van der Waals surface area contributed by atoms with Crippen molar-refractivity contribution in [3.05, 3.63) is 56.7 Å². The number of esters is 1. The molecule has 1 N–H and O–H groups in total. The lowest BCUT2D eigenvalue weighted by atomic mass is 10.1. The Balaban J connectivity index is 2.43. The molecule has 0 saturated carbocycles. The highest BCUT2D eigenvalue weighted by molar-refractivity contribution is 6.03. The van der Waals surface area contributed by atoms with Crippen molar-refractivity contribution in [1.29, 1.82) is 0 Å². The summed E-state index contributed by atoms with van der Waals surface area (Å²) >= 11 is 0. The predicted molar refractivity (Wildman–Crippen MR) is 95.5 cm³/mol. The first-order chi connectivity index (χ1) is 12.5. The van der Waals surface area contributed by atoms with Crippen molar-refractivity contribution in [3.8, 4) is 17.0 Å². The van der Waals surface area contributed by atoms with E-state index in [1.165, 1.54) is 24.8 Å². The molecule has 0 bridgehead atoms. The van der Waals surface area contributed by atoms with Crippen LogP contribution in [0.5, 0.6) is 5.75 Å². The molecule has 26 heavy (non-hydrogen) atoms. The van der Waals surface area contributed by atoms with Gasteiger partial charge in [-0.25, -0.2) is 14.6 Å². The number of pyridine rings is 1. The number of hydrogen-bond acceptors (Lipinski definition) is 6. The van der Waals surface area contributed by atoms with Gasteiger partial charge in [-0.15, -0.1) is 0 Å². The van der Waals surface area contributed by atoms with Gasteiger partial charge in [0.05, 0.1) is 30.4 Å². The number of fused-ring (bicyclic) bond motifs is 1. The summed E-state index contributed by atoms with van der Waals surface area (Å²) in [6.45, 7) is 1.82. The van der Waals surface area contributed by atoms with E-state index >= 15 is 0 Å². The van der Waals surface area contributed by atoms with Crippen LogP contribution in [-0.2, 0) is 11.8 Å². The molecule has 0 amide bonds. The monoisotopic (exact) mass is 355 g/mol. The van der Waals surface area contributed by atoms with Crippen LogP contribution in [0.2, 0.25) is 0 Å². The number of nitrogens with zero attached hydrogens (tertiary/aromatic N) is 2. The third-order valence-corrected chi connectivity index (χ3v) is 3.95. The van der Waals surface area contributed by atoms with E-state index in [2.05, 4.69) is 9.97 Å². The maximum atomic E-state index is 12.4. The van der Waals surface area contributed by atoms with Crippen molar-refractivity contribution in [3.63, 3.8) is 0 Å². The SMILES string of the molecule is CCOC(=O)c1cc(-c2ccccc2OC)nc2c1c(=O)[nH]c(=O)n2C. The highest BCUT2D eigenvalue weighted by Gasteiger charge is 2.21. The van der Waals surface area contributed by atoms with E-state index in [9.17, 15) is 14.4 Å². The van der Waals surface area contributed by atoms with Crippen LogP contribution < -0.4 is 16.0 Å². The Kier molecular flexibility index (Phi) is 4.57. The van der Waals surface area contributed by atoms with Gasteiger partial charge >= 0.3 is 11.7 Å². The van der Waals surface area contributed by atoms with Crippen molar-refractivity contribution < 1.29 is 14.3 Å². The molecule has 0 radical (unpaired) electrons. The minimum atomic E-state index is -0.690. The first-order valence-corrected chi connectivity index (χ1v) is 7.92. The third kappa shape index (κ3) is 2.85. The molecule has 8 nitrogen and oxygen atoms in total. The fourth-order valence-corrected chi connectivity index (χ4v) is 2.70. The Hall–Kier alpha value is -3.42. The summed E-state index contributed by atoms with van der Waals surface area (Å²) in [6, 6.07) is 8.59. The average molecular weight is 355 g/mol. The fourth-order valence-electron chi connectivity index (χ4n) is 2.70. The molecule has 2 aromatic heterocycles. The molecule has 0 aliphatic heterocycles. The van der Waals surface area contributed by atoms with Gasteiger partial charge < -0.3 is 9.47 Å². The van der Waals surface area contributed by atoms with Crippen molar-refractivity contribution in [2.75, 3.05) is 13.7 Å². The van der Waals surface area contributed by atoms with Crippen LogP contribution in [0.1, 0.15) is 17.3 Å². The Labute approximate surface area is 148 Å². The Bertz CT molecular complexity index is 1110. The average Bonchev–Trinajstić information content (AvgIpc) is 2.65. The fraction of sp³-hybridized carbons (Fsp3) is 0.222. The van der Waals surface area contributed by atoms with Crippen LogP contribution in [0.4, 0.5) is 0 Å². The predicted octanol–water partition coefficient (Wildman–Crippen LogP) is 1.47. The number of benzene rings is 1. The molecular formula is C18H17N3O5. The van der Waals surface area contributed by atoms with E-state index in [4.69, 9.17) is 9.47 Å². The van der Waals surface area contributed by atoms with Gasteiger partial charge in [-0.05, 0) is 25.1 Å². The van der Waals surface area contributed by atoms with Crippen molar-refractivity contribution in [2.45, 2.75) is 6.92 Å². The van der Waals surface area contributed by atoms with Gasteiger partial charge in [-0.2, -0.15) is 0 Å². The minimum Gasteiger partial charge on any atom is -0.496 e. The highest BCUT2D eigenvalue weighted by atomic mass is 16.5. The van der Waals surface area contributed by atoms with Crippen molar-refractivity contribution in [2.24, 2.45) is 7.05 Å². The van der Waals surface area contributed by atoms with Gasteiger partial charge in [0.15, 0.2) is 5.65 Å². The molecule has 0 aliphatic carbocycles. The number of nitrogens with one attached hydrogen (secondary N) is 1. The maximum Gasteiger partial charge on any atom is 0.339 e. The second-order valence-corrected chi connectivity index (χ2v) is 5.49. The van der Waals surface area contributed by atoms with Crippen LogP contribution in [0.25, 0.3) is 22.3 Å². The van der Waals surface area contributed by atoms with E-state index < -0.39 is 17.2 Å². The largest absolute Gasteiger partial charge is 0.496 e. The lowest BCUT2D eigenvalue weighted by molar-refractivity contribution is 0.0528. The topological polar surface area (TPSA) is 103 Å². The Morgan fingerprint density at radius 3 is 2.69 bits per heavy atom. The van der Waals surface area contributed by atoms with Gasteiger partial charge in [0.25, 0.3) is 5.56 Å². The first-order valence-electron chi connectivity index (χ1n) is 7.92. The number of aromatic nitrogens is 3. The second-order valence-electron chi connectivity index (χ2n) is 5.49. The number of aryl methyl sites for hydroxylation is 1. The zero-order valence-electron chi connectivity index (χ0n) is 14.5. The van der Waals surface area contributed by atoms with E-state index in [0.29, 0.717) is 17.0 Å². The summed E-state index contributed by atoms with van der Waals surface area (Å²) < 4.78 is 11.6. The molecule has 0 unspecified atom stereocenters. The number of hydrogen-bond donors (Lipinski definition) is 1. The molecule has 0 spiro atoms. The quantitative estimate of drug-likeness (QED) is 0.711. The van der Waals surface area contributed by atoms with Gasteiger partial charge in [0, 0.05) is 12.6 Å². The summed E-state index contributed by atoms with van der Waals surface area (Å²) in [4.78, 5) is 43.3. The number of rotatable bonds is 4. The molecule has 134 valence electrons. The van der Waals surface area contributed by atoms with E-state index in [1.54, 1.807) is 31.2 Å². The number of methoxy groups -OCH3 is 1. The molecular weight excluding hydrogens is 338 g/mol. The van der Waals surface area contributed by atoms with Crippen LogP contribution >= 0.6 is 0 Å². The third-order valence-electron chi connectivity index (χ3n) is 3.95. The van der Waals surface area contributed by atoms with E-state index in [-0.39, 0.29) is 23.2 Å². The van der Waals surface area contributed by atoms with Crippen LogP contribution in [0.15, 0.2) is 39.9 Å². The van der Waals surface area contributed by atoms with Crippen LogP contribution in [0, 0.1) is 0 Å². The minimum absolute atomic E-state index is 0.00389. The summed E-state index contributed by atoms with van der Waals surface area (Å²) in [7, 11) is 2.99. The number of H-pyrrole nitrogens is 1. The molecule has 2 heterocycles. The van der Waals surface area contributed by atoms with Crippen LogP contribution in [0.3, 0.4) is 0 Å². The summed E-state index contributed by atoms with van der Waals surface area (Å²) in [5.74, 6) is -0.121. The molecule has 0 fully saturated rings. The lowest BCUT2D eigenvalue weighted by Crippen LogP contribution is -2.30. The maximum absolute atomic E-state index is 12.4. The van der Waals surface area contributed by atoms with Gasteiger partial charge in [-0.1, -0.05) is 12.1 Å². The smallest absolute Gasteiger partial charge is 0.339 e. The van der Waals surface area contributed by atoms with E-state index in [1.807, 2.05) is 0 Å². The van der Waals surface area contributed by atoms with Gasteiger partial charge in [-0.3, -0.25) is 14.3 Å². The summed E-state index contributed by atoms with van der Waals surface area (Å²) in [6.07, 6.45) is 0. The molecule has 1 aromatic carbocycles. The standard InChI is InChI=1S/C18H17N3O5/c1-4-26-17(23)11-9-12(10-7-5-6-8-13(10)25-3)19-15-14(11)16(22)20-18(24)21(15)2/h5-9H,4H2,1-3H3,(H,20,22,24). The molecule has 8 heteroatoms. The van der Waals surface area contributed by atoms with Gasteiger partial charge in [0.2, 0.25) is 0 Å². The Morgan fingerprint density at radius 2 is 2.00 bits per heavy atom. The molecule has 3 rings (SSSR count). The number of carbonyl (C=O) groups is 1. The number of carbonyl (C=O) groups excluding carboxylic acids is 1. The normalized spacial score (nSPS) is 10.7. The summed E-state index contributed by atoms with van der Waals surface area (Å²) in [5.41, 5.74) is -0.180. The first kappa shape index (κ1) is 17.4. The van der Waals surface area contributed by atoms with Gasteiger partial charge in [0.1, 0.15) is 5.75 Å². The Morgan fingerprint density at radius 1 is 1.27 bits per heavy atom. The molecule has 0 saturated heterocycles. The van der Waals surface area contributed by atoms with Crippen LogP contribution in [-0.4, -0.2) is 34.2 Å². The number of ether oxygens (including phenoxy) is 2. The second kappa shape index (κ2) is 6.83. The lowest BCUT2D eigenvalue weighted by Gasteiger charge is -2.12. The molecule has 0 aliphatic rings. The number of para-hydroxylation sites is 1.